The van der Waals surface area contributed by atoms with Gasteiger partial charge in [0.15, 0.2) is 5.54 Å². The SMILES string of the molecule is CCOC(=O)[C@H]1CC(NC(=O)OC(C)(C)C)(C(=O)OCC)CN1. The van der Waals surface area contributed by atoms with Gasteiger partial charge in [-0.2, -0.15) is 0 Å². The summed E-state index contributed by atoms with van der Waals surface area (Å²) in [5.41, 5.74) is -2.05. The first-order valence-corrected chi connectivity index (χ1v) is 7.72. The van der Waals surface area contributed by atoms with Crippen molar-refractivity contribution in [1.29, 1.82) is 0 Å². The van der Waals surface area contributed by atoms with Gasteiger partial charge in [0.25, 0.3) is 0 Å². The molecule has 1 fully saturated rings. The van der Waals surface area contributed by atoms with Crippen molar-refractivity contribution in [2.24, 2.45) is 0 Å². The van der Waals surface area contributed by atoms with E-state index in [0.29, 0.717) is 0 Å². The average Bonchev–Trinajstić information content (AvgIpc) is 2.82. The first kappa shape index (κ1) is 19.2. The monoisotopic (exact) mass is 330 g/mol. The third kappa shape index (κ3) is 5.38. The molecule has 1 aliphatic heterocycles. The van der Waals surface area contributed by atoms with Gasteiger partial charge in [-0.3, -0.25) is 4.79 Å². The zero-order chi connectivity index (χ0) is 17.7. The number of esters is 2. The highest BCUT2D eigenvalue weighted by molar-refractivity contribution is 5.89. The molecule has 2 atom stereocenters. The van der Waals surface area contributed by atoms with Crippen molar-refractivity contribution in [2.45, 2.75) is 58.2 Å². The zero-order valence-electron chi connectivity index (χ0n) is 14.4. The Balaban J connectivity index is 2.87. The molecular formula is C15H26N2O6. The highest BCUT2D eigenvalue weighted by atomic mass is 16.6. The van der Waals surface area contributed by atoms with Crippen LogP contribution in [0, 0.1) is 0 Å². The summed E-state index contributed by atoms with van der Waals surface area (Å²) in [7, 11) is 0. The molecule has 1 aliphatic rings. The minimum absolute atomic E-state index is 0.0455. The minimum Gasteiger partial charge on any atom is -0.465 e. The molecule has 1 amide bonds. The van der Waals surface area contributed by atoms with Crippen molar-refractivity contribution in [3.63, 3.8) is 0 Å². The van der Waals surface area contributed by atoms with E-state index in [4.69, 9.17) is 14.2 Å². The van der Waals surface area contributed by atoms with Crippen LogP contribution >= 0.6 is 0 Å². The Morgan fingerprint density at radius 3 is 2.30 bits per heavy atom. The molecule has 0 aliphatic carbocycles. The summed E-state index contributed by atoms with van der Waals surface area (Å²) in [5.74, 6) is -1.07. The molecule has 2 N–H and O–H groups in total. The Labute approximate surface area is 136 Å². The molecule has 1 unspecified atom stereocenters. The average molecular weight is 330 g/mol. The quantitative estimate of drug-likeness (QED) is 0.566. The van der Waals surface area contributed by atoms with Crippen LogP contribution < -0.4 is 10.6 Å². The Morgan fingerprint density at radius 2 is 1.78 bits per heavy atom. The van der Waals surface area contributed by atoms with Gasteiger partial charge in [0.1, 0.15) is 11.6 Å². The van der Waals surface area contributed by atoms with Crippen LogP contribution in [0.3, 0.4) is 0 Å². The van der Waals surface area contributed by atoms with Crippen molar-refractivity contribution < 1.29 is 28.6 Å². The fourth-order valence-electron chi connectivity index (χ4n) is 2.27. The number of rotatable bonds is 5. The van der Waals surface area contributed by atoms with Gasteiger partial charge >= 0.3 is 18.0 Å². The highest BCUT2D eigenvalue weighted by Crippen LogP contribution is 2.23. The maximum absolute atomic E-state index is 12.3. The second-order valence-corrected chi connectivity index (χ2v) is 6.32. The Kier molecular flexibility index (Phi) is 6.37. The summed E-state index contributed by atoms with van der Waals surface area (Å²) in [5, 5.41) is 5.45. The number of amides is 1. The number of ether oxygens (including phenoxy) is 3. The largest absolute Gasteiger partial charge is 0.465 e. The predicted molar refractivity (Wildman–Crippen MR) is 81.8 cm³/mol. The van der Waals surface area contributed by atoms with E-state index in [1.165, 1.54) is 0 Å². The topological polar surface area (TPSA) is 103 Å². The summed E-state index contributed by atoms with van der Waals surface area (Å²) in [6.45, 7) is 9.00. The van der Waals surface area contributed by atoms with Gasteiger partial charge in [0.05, 0.1) is 13.2 Å². The first-order valence-electron chi connectivity index (χ1n) is 7.72. The highest BCUT2D eigenvalue weighted by Gasteiger charge is 2.50. The van der Waals surface area contributed by atoms with Crippen molar-refractivity contribution in [3.8, 4) is 0 Å². The van der Waals surface area contributed by atoms with Gasteiger partial charge in [-0.05, 0) is 34.6 Å². The molecule has 0 aromatic carbocycles. The number of hydrogen-bond donors (Lipinski definition) is 2. The van der Waals surface area contributed by atoms with Gasteiger partial charge in [0, 0.05) is 13.0 Å². The van der Waals surface area contributed by atoms with Gasteiger partial charge in [-0.15, -0.1) is 0 Å². The fraction of sp³-hybridized carbons (Fsp3) is 0.800. The van der Waals surface area contributed by atoms with Gasteiger partial charge in [-0.25, -0.2) is 9.59 Å². The minimum atomic E-state index is -1.35. The van der Waals surface area contributed by atoms with E-state index >= 15 is 0 Å². The Hall–Kier alpha value is -1.83. The van der Waals surface area contributed by atoms with Crippen molar-refractivity contribution >= 4 is 18.0 Å². The molecule has 8 heteroatoms. The van der Waals surface area contributed by atoms with Crippen LogP contribution in [-0.2, 0) is 23.8 Å². The molecule has 0 aromatic rings. The summed E-state index contributed by atoms with van der Waals surface area (Å²) in [6, 6.07) is -0.686. The summed E-state index contributed by atoms with van der Waals surface area (Å²) < 4.78 is 15.2. The van der Waals surface area contributed by atoms with Crippen LogP contribution in [-0.4, -0.2) is 55.0 Å². The van der Waals surface area contributed by atoms with E-state index < -0.39 is 35.2 Å². The van der Waals surface area contributed by atoms with Crippen LogP contribution in [0.25, 0.3) is 0 Å². The van der Waals surface area contributed by atoms with Gasteiger partial charge in [0.2, 0.25) is 0 Å². The van der Waals surface area contributed by atoms with Crippen molar-refractivity contribution in [1.82, 2.24) is 10.6 Å². The van der Waals surface area contributed by atoms with E-state index in [0.717, 1.165) is 0 Å². The van der Waals surface area contributed by atoms with Crippen LogP contribution in [0.15, 0.2) is 0 Å². The second-order valence-electron chi connectivity index (χ2n) is 6.32. The standard InChI is InChI=1S/C15H26N2O6/c1-6-21-11(18)10-8-15(9-16-10,12(19)22-7-2)17-13(20)23-14(3,4)5/h10,16H,6-9H2,1-5H3,(H,17,20)/t10-,15?/m1/s1. The lowest BCUT2D eigenvalue weighted by Gasteiger charge is -2.29. The lowest BCUT2D eigenvalue weighted by atomic mass is 9.96. The van der Waals surface area contributed by atoms with Crippen LogP contribution in [0.1, 0.15) is 41.0 Å². The van der Waals surface area contributed by atoms with E-state index in [1.54, 1.807) is 34.6 Å². The molecule has 1 saturated heterocycles. The molecule has 0 spiro atoms. The van der Waals surface area contributed by atoms with Crippen LogP contribution in [0.5, 0.6) is 0 Å². The van der Waals surface area contributed by atoms with Crippen molar-refractivity contribution in [2.75, 3.05) is 19.8 Å². The summed E-state index contributed by atoms with van der Waals surface area (Å²) in [4.78, 5) is 36.2. The number of hydrogen-bond acceptors (Lipinski definition) is 7. The van der Waals surface area contributed by atoms with Crippen LogP contribution in [0.4, 0.5) is 4.79 Å². The first-order chi connectivity index (χ1) is 10.6. The Morgan fingerprint density at radius 1 is 1.17 bits per heavy atom. The maximum atomic E-state index is 12.3. The zero-order valence-corrected chi connectivity index (χ0v) is 14.4. The molecule has 0 aromatic heterocycles. The summed E-state index contributed by atoms with van der Waals surface area (Å²) in [6.07, 6.45) is -0.693. The predicted octanol–water partition coefficient (Wildman–Crippen LogP) is 0.738. The molecule has 0 saturated carbocycles. The van der Waals surface area contributed by atoms with Crippen LogP contribution in [0.2, 0.25) is 0 Å². The molecule has 132 valence electrons. The lowest BCUT2D eigenvalue weighted by molar-refractivity contribution is -0.150. The molecule has 0 bridgehead atoms. The fourth-order valence-corrected chi connectivity index (χ4v) is 2.27. The molecule has 8 nitrogen and oxygen atoms in total. The summed E-state index contributed by atoms with van der Waals surface area (Å²) >= 11 is 0. The lowest BCUT2D eigenvalue weighted by Crippen LogP contribution is -2.57. The van der Waals surface area contributed by atoms with Crippen molar-refractivity contribution in [3.05, 3.63) is 0 Å². The molecule has 1 heterocycles. The third-order valence-electron chi connectivity index (χ3n) is 3.18. The van der Waals surface area contributed by atoms with Gasteiger partial charge < -0.3 is 24.8 Å². The molecule has 0 radical (unpaired) electrons. The normalized spacial score (nSPS) is 24.0. The number of nitrogens with one attached hydrogen (secondary N) is 2. The van der Waals surface area contributed by atoms with Gasteiger partial charge in [-0.1, -0.05) is 0 Å². The number of carbonyl (C=O) groups excluding carboxylic acids is 3. The van der Waals surface area contributed by atoms with E-state index in [-0.39, 0.29) is 26.2 Å². The molecule has 1 rings (SSSR count). The smallest absolute Gasteiger partial charge is 0.408 e. The van der Waals surface area contributed by atoms with E-state index in [9.17, 15) is 14.4 Å². The molecule has 23 heavy (non-hydrogen) atoms. The third-order valence-corrected chi connectivity index (χ3v) is 3.18. The molecular weight excluding hydrogens is 304 g/mol. The number of alkyl carbamates (subject to hydrolysis) is 1. The maximum Gasteiger partial charge on any atom is 0.408 e. The van der Waals surface area contributed by atoms with E-state index in [2.05, 4.69) is 10.6 Å². The van der Waals surface area contributed by atoms with E-state index in [1.807, 2.05) is 0 Å². The Bertz CT molecular complexity index is 459. The number of carbonyl (C=O) groups is 3. The second kappa shape index (κ2) is 7.63.